The highest BCUT2D eigenvalue weighted by molar-refractivity contribution is 5.90. The van der Waals surface area contributed by atoms with Gasteiger partial charge in [0.1, 0.15) is 12.0 Å². The van der Waals surface area contributed by atoms with Crippen LogP contribution >= 0.6 is 0 Å². The highest BCUT2D eigenvalue weighted by Gasteiger charge is 2.51. The second-order valence-corrected chi connectivity index (χ2v) is 7.89. The zero-order chi connectivity index (χ0) is 22.2. The van der Waals surface area contributed by atoms with Gasteiger partial charge >= 0.3 is 12.3 Å². The molecule has 0 bridgehead atoms. The molecule has 2 N–H and O–H groups in total. The van der Waals surface area contributed by atoms with E-state index in [-0.39, 0.29) is 35.5 Å². The molecular weight excluding hydrogens is 419 g/mol. The Morgan fingerprint density at radius 3 is 2.77 bits per heavy atom. The van der Waals surface area contributed by atoms with Crippen molar-refractivity contribution >= 4 is 12.0 Å². The molecule has 0 atom stereocenters. The summed E-state index contributed by atoms with van der Waals surface area (Å²) < 4.78 is 54.4. The average Bonchev–Trinajstić information content (AvgIpc) is 3.33. The number of rotatable bonds is 5. The molecule has 2 aromatic rings. The number of hydrogen-bond acceptors (Lipinski definition) is 6. The van der Waals surface area contributed by atoms with Gasteiger partial charge in [-0.25, -0.2) is 9.78 Å². The fourth-order valence-electron chi connectivity index (χ4n) is 4.06. The fraction of sp³-hybridized carbons (Fsp3) is 0.450. The zero-order valence-electron chi connectivity index (χ0n) is 16.4. The molecule has 2 fully saturated rings. The van der Waals surface area contributed by atoms with Crippen LogP contribution in [-0.2, 0) is 17.5 Å². The van der Waals surface area contributed by atoms with Gasteiger partial charge in [0, 0.05) is 13.1 Å². The molecule has 31 heavy (non-hydrogen) atoms. The number of benzene rings is 1. The summed E-state index contributed by atoms with van der Waals surface area (Å²) in [4.78, 5) is 28.7. The van der Waals surface area contributed by atoms with Crippen LogP contribution in [0.25, 0.3) is 0 Å². The van der Waals surface area contributed by atoms with Crippen molar-refractivity contribution in [3.63, 3.8) is 0 Å². The Hall–Kier alpha value is -3.24. The second kappa shape index (κ2) is 7.78. The van der Waals surface area contributed by atoms with E-state index in [2.05, 4.69) is 4.98 Å². The predicted octanol–water partition coefficient (Wildman–Crippen LogP) is 3.36. The standard InChI is InChI=1S/C20H20F3N3O5/c21-20(22,23)12-2-1-3-13(6-12)31-14-7-19(8-14)4-5-26(11-19)18(28)30-10-16-25-15(9-29-16)17(24)27/h1-3,6,9,14H,4-5,7-8,10-11H2,(H2,24,27). The van der Waals surface area contributed by atoms with E-state index in [0.29, 0.717) is 25.9 Å². The molecule has 11 heteroatoms. The van der Waals surface area contributed by atoms with Crippen molar-refractivity contribution in [2.45, 2.75) is 38.1 Å². The summed E-state index contributed by atoms with van der Waals surface area (Å²) in [5.41, 5.74) is 4.17. The van der Waals surface area contributed by atoms with Gasteiger partial charge in [0.15, 0.2) is 12.3 Å². The maximum Gasteiger partial charge on any atom is 0.416 e. The number of oxazole rings is 1. The Balaban J connectivity index is 1.25. The topological polar surface area (TPSA) is 108 Å². The van der Waals surface area contributed by atoms with Gasteiger partial charge in [-0.15, -0.1) is 0 Å². The second-order valence-electron chi connectivity index (χ2n) is 7.89. The number of nitrogens with two attached hydrogens (primary N) is 1. The molecule has 1 saturated heterocycles. The van der Waals surface area contributed by atoms with Gasteiger partial charge in [-0.05, 0) is 42.9 Å². The molecule has 1 saturated carbocycles. The summed E-state index contributed by atoms with van der Waals surface area (Å²) in [6.07, 6.45) is -2.00. The monoisotopic (exact) mass is 439 g/mol. The van der Waals surface area contributed by atoms with E-state index in [1.54, 1.807) is 4.90 Å². The summed E-state index contributed by atoms with van der Waals surface area (Å²) >= 11 is 0. The summed E-state index contributed by atoms with van der Waals surface area (Å²) in [7, 11) is 0. The van der Waals surface area contributed by atoms with Crippen LogP contribution in [0.4, 0.5) is 18.0 Å². The van der Waals surface area contributed by atoms with Crippen LogP contribution in [0.5, 0.6) is 5.75 Å². The minimum Gasteiger partial charge on any atom is -0.490 e. The predicted molar refractivity (Wildman–Crippen MR) is 98.9 cm³/mol. The van der Waals surface area contributed by atoms with Gasteiger partial charge in [0.05, 0.1) is 11.7 Å². The molecule has 0 radical (unpaired) electrons. The summed E-state index contributed by atoms with van der Waals surface area (Å²) in [5, 5.41) is 0. The first-order valence-corrected chi connectivity index (χ1v) is 9.63. The van der Waals surface area contributed by atoms with Gasteiger partial charge in [-0.2, -0.15) is 13.2 Å². The minimum atomic E-state index is -4.42. The van der Waals surface area contributed by atoms with Gasteiger partial charge < -0.3 is 24.5 Å². The number of halogens is 3. The van der Waals surface area contributed by atoms with Crippen molar-refractivity contribution in [3.05, 3.63) is 47.7 Å². The number of alkyl halides is 3. The molecule has 1 aromatic carbocycles. The van der Waals surface area contributed by atoms with Crippen molar-refractivity contribution < 1.29 is 36.7 Å². The van der Waals surface area contributed by atoms with E-state index >= 15 is 0 Å². The molecular formula is C20H20F3N3O5. The first-order chi connectivity index (χ1) is 14.6. The fourth-order valence-corrected chi connectivity index (χ4v) is 4.06. The number of carbonyl (C=O) groups excluding carboxylic acids is 2. The van der Waals surface area contributed by atoms with Crippen LogP contribution < -0.4 is 10.5 Å². The summed E-state index contributed by atoms with van der Waals surface area (Å²) in [5.74, 6) is -0.492. The lowest BCUT2D eigenvalue weighted by atomic mass is 9.66. The van der Waals surface area contributed by atoms with E-state index in [1.165, 1.54) is 12.1 Å². The molecule has 1 aromatic heterocycles. The maximum absolute atomic E-state index is 12.8. The van der Waals surface area contributed by atoms with Gasteiger partial charge in [0.25, 0.3) is 5.91 Å². The normalized spacial score (nSPS) is 22.9. The first kappa shape index (κ1) is 21.0. The number of likely N-dealkylation sites (tertiary alicyclic amines) is 1. The SMILES string of the molecule is NC(=O)c1coc(COC(=O)N2CCC3(CC(Oc4cccc(C(F)(F)F)c4)C3)C2)n1. The number of amides is 2. The zero-order valence-corrected chi connectivity index (χ0v) is 16.4. The molecule has 1 aliphatic heterocycles. The van der Waals surface area contributed by atoms with Gasteiger partial charge in [-0.1, -0.05) is 6.07 Å². The first-order valence-electron chi connectivity index (χ1n) is 9.63. The van der Waals surface area contributed by atoms with Crippen molar-refractivity contribution in [1.29, 1.82) is 0 Å². The van der Waals surface area contributed by atoms with Crippen LogP contribution in [0.2, 0.25) is 0 Å². The minimum absolute atomic E-state index is 0.0487. The third-order valence-corrected chi connectivity index (χ3v) is 5.61. The number of hydrogen-bond donors (Lipinski definition) is 1. The highest BCUT2D eigenvalue weighted by atomic mass is 19.4. The number of nitrogens with zero attached hydrogens (tertiary/aromatic N) is 2. The van der Waals surface area contributed by atoms with Crippen molar-refractivity contribution in [2.24, 2.45) is 11.1 Å². The molecule has 2 aliphatic rings. The van der Waals surface area contributed by atoms with Crippen molar-refractivity contribution in [3.8, 4) is 5.75 Å². The van der Waals surface area contributed by atoms with E-state index in [9.17, 15) is 22.8 Å². The van der Waals surface area contributed by atoms with E-state index < -0.39 is 23.7 Å². The Kier molecular flexibility index (Phi) is 5.28. The third-order valence-electron chi connectivity index (χ3n) is 5.61. The lowest BCUT2D eigenvalue weighted by molar-refractivity contribution is -0.137. The van der Waals surface area contributed by atoms with Crippen LogP contribution in [0.3, 0.4) is 0 Å². The third kappa shape index (κ3) is 4.59. The lowest BCUT2D eigenvalue weighted by Crippen LogP contribution is -2.46. The van der Waals surface area contributed by atoms with E-state index in [0.717, 1.165) is 24.8 Å². The van der Waals surface area contributed by atoms with Gasteiger partial charge in [-0.3, -0.25) is 4.79 Å². The number of ether oxygens (including phenoxy) is 2. The quantitative estimate of drug-likeness (QED) is 0.766. The van der Waals surface area contributed by atoms with Crippen LogP contribution in [0, 0.1) is 5.41 Å². The molecule has 1 spiro atoms. The number of aromatic nitrogens is 1. The Morgan fingerprint density at radius 1 is 1.32 bits per heavy atom. The molecule has 166 valence electrons. The molecule has 2 heterocycles. The van der Waals surface area contributed by atoms with Crippen molar-refractivity contribution in [1.82, 2.24) is 9.88 Å². The number of primary amides is 1. The van der Waals surface area contributed by atoms with Crippen LogP contribution in [0.1, 0.15) is 41.2 Å². The number of carbonyl (C=O) groups is 2. The Morgan fingerprint density at radius 2 is 2.10 bits per heavy atom. The molecule has 0 unspecified atom stereocenters. The molecule has 2 amide bonds. The summed E-state index contributed by atoms with van der Waals surface area (Å²) in [6, 6.07) is 4.82. The molecule has 4 rings (SSSR count). The average molecular weight is 439 g/mol. The Bertz CT molecular complexity index is 984. The summed E-state index contributed by atoms with van der Waals surface area (Å²) in [6.45, 7) is 0.760. The highest BCUT2D eigenvalue weighted by Crippen LogP contribution is 2.49. The Labute approximate surface area is 175 Å². The van der Waals surface area contributed by atoms with E-state index in [1.807, 2.05) is 0 Å². The maximum atomic E-state index is 12.8. The van der Waals surface area contributed by atoms with E-state index in [4.69, 9.17) is 19.6 Å². The lowest BCUT2D eigenvalue weighted by Gasteiger charge is -2.44. The molecule has 1 aliphatic carbocycles. The largest absolute Gasteiger partial charge is 0.490 e. The van der Waals surface area contributed by atoms with Crippen LogP contribution in [-0.4, -0.2) is 41.1 Å². The van der Waals surface area contributed by atoms with Crippen LogP contribution in [0.15, 0.2) is 34.9 Å². The van der Waals surface area contributed by atoms with Crippen molar-refractivity contribution in [2.75, 3.05) is 13.1 Å². The molecule has 8 nitrogen and oxygen atoms in total. The smallest absolute Gasteiger partial charge is 0.416 e. The van der Waals surface area contributed by atoms with Gasteiger partial charge in [0.2, 0.25) is 5.89 Å².